The maximum absolute atomic E-state index is 13.0. The van der Waals surface area contributed by atoms with Gasteiger partial charge >= 0.3 is 0 Å². The van der Waals surface area contributed by atoms with Crippen LogP contribution in [0.4, 0.5) is 5.82 Å². The summed E-state index contributed by atoms with van der Waals surface area (Å²) >= 11 is 6.07. The molecule has 3 aromatic rings. The molecular formula is C20H17ClN2O. The van der Waals surface area contributed by atoms with E-state index in [0.29, 0.717) is 22.9 Å². The normalized spacial score (nSPS) is 10.4. The molecule has 0 radical (unpaired) electrons. The molecule has 0 fully saturated rings. The first-order valence-electron chi connectivity index (χ1n) is 7.67. The molecule has 2 aromatic carbocycles. The summed E-state index contributed by atoms with van der Waals surface area (Å²) in [6.45, 7) is 2.38. The topological polar surface area (TPSA) is 33.2 Å². The van der Waals surface area contributed by atoms with Crippen LogP contribution in [0.15, 0.2) is 72.9 Å². The lowest BCUT2D eigenvalue weighted by Gasteiger charge is -2.22. The van der Waals surface area contributed by atoms with E-state index in [2.05, 4.69) is 4.98 Å². The number of aryl methyl sites for hydroxylation is 1. The Morgan fingerprint density at radius 3 is 2.58 bits per heavy atom. The van der Waals surface area contributed by atoms with Crippen LogP contribution in [-0.2, 0) is 6.54 Å². The van der Waals surface area contributed by atoms with Crippen molar-refractivity contribution in [3.05, 3.63) is 94.6 Å². The molecule has 0 aliphatic rings. The zero-order valence-electron chi connectivity index (χ0n) is 13.3. The third-order valence-electron chi connectivity index (χ3n) is 3.67. The smallest absolute Gasteiger partial charge is 0.259 e. The van der Waals surface area contributed by atoms with E-state index in [1.165, 1.54) is 0 Å². The van der Waals surface area contributed by atoms with Crippen molar-refractivity contribution in [1.82, 2.24) is 4.98 Å². The van der Waals surface area contributed by atoms with Crippen LogP contribution in [0.3, 0.4) is 0 Å². The number of rotatable bonds is 4. The van der Waals surface area contributed by atoms with E-state index in [4.69, 9.17) is 11.6 Å². The zero-order chi connectivity index (χ0) is 16.9. The number of hydrogen-bond donors (Lipinski definition) is 0. The first kappa shape index (κ1) is 16.2. The van der Waals surface area contributed by atoms with Crippen LogP contribution < -0.4 is 4.90 Å². The Kier molecular flexibility index (Phi) is 4.92. The van der Waals surface area contributed by atoms with Crippen molar-refractivity contribution >= 4 is 23.3 Å². The predicted molar refractivity (Wildman–Crippen MR) is 97.4 cm³/mol. The van der Waals surface area contributed by atoms with Crippen molar-refractivity contribution in [1.29, 1.82) is 0 Å². The number of aromatic nitrogens is 1. The Morgan fingerprint density at radius 2 is 1.88 bits per heavy atom. The van der Waals surface area contributed by atoms with Gasteiger partial charge in [-0.25, -0.2) is 4.98 Å². The van der Waals surface area contributed by atoms with Crippen LogP contribution in [-0.4, -0.2) is 10.9 Å². The van der Waals surface area contributed by atoms with Crippen molar-refractivity contribution in [3.63, 3.8) is 0 Å². The summed E-state index contributed by atoms with van der Waals surface area (Å²) in [5.74, 6) is 0.529. The van der Waals surface area contributed by atoms with Gasteiger partial charge in [-0.1, -0.05) is 47.5 Å². The fourth-order valence-corrected chi connectivity index (χ4v) is 2.73. The minimum atomic E-state index is -0.0858. The Labute approximate surface area is 146 Å². The van der Waals surface area contributed by atoms with Crippen LogP contribution in [0.25, 0.3) is 0 Å². The summed E-state index contributed by atoms with van der Waals surface area (Å²) in [6, 6.07) is 20.6. The third-order valence-corrected chi connectivity index (χ3v) is 3.90. The highest BCUT2D eigenvalue weighted by Gasteiger charge is 2.19. The van der Waals surface area contributed by atoms with Crippen LogP contribution in [0.1, 0.15) is 21.5 Å². The molecule has 0 aliphatic heterocycles. The number of carbonyl (C=O) groups is 1. The fraction of sp³-hybridized carbons (Fsp3) is 0.100. The summed E-state index contributed by atoms with van der Waals surface area (Å²) in [5.41, 5.74) is 2.64. The van der Waals surface area contributed by atoms with Gasteiger partial charge in [0.05, 0.1) is 6.54 Å². The number of nitrogens with zero attached hydrogens (tertiary/aromatic N) is 2. The van der Waals surface area contributed by atoms with Crippen LogP contribution in [0.2, 0.25) is 5.02 Å². The van der Waals surface area contributed by atoms with Crippen LogP contribution in [0, 0.1) is 6.92 Å². The lowest BCUT2D eigenvalue weighted by molar-refractivity contribution is 0.0984. The van der Waals surface area contributed by atoms with E-state index in [9.17, 15) is 4.79 Å². The Morgan fingerprint density at radius 1 is 1.04 bits per heavy atom. The molecular weight excluding hydrogens is 320 g/mol. The number of benzene rings is 2. The molecule has 0 saturated carbocycles. The average molecular weight is 337 g/mol. The summed E-state index contributed by atoms with van der Waals surface area (Å²) in [4.78, 5) is 19.0. The van der Waals surface area contributed by atoms with Gasteiger partial charge in [-0.05, 0) is 48.9 Å². The van der Waals surface area contributed by atoms with Crippen molar-refractivity contribution in [3.8, 4) is 0 Å². The number of halogens is 1. The predicted octanol–water partition coefficient (Wildman–Crippen LogP) is 4.89. The van der Waals surface area contributed by atoms with Gasteiger partial charge in [0, 0.05) is 16.8 Å². The molecule has 3 rings (SSSR count). The number of amides is 1. The van der Waals surface area contributed by atoms with Gasteiger partial charge in [-0.2, -0.15) is 0 Å². The first-order chi connectivity index (χ1) is 11.6. The summed E-state index contributed by atoms with van der Waals surface area (Å²) in [5, 5.41) is 0.650. The molecule has 1 aromatic heterocycles. The Bertz CT molecular complexity index is 849. The minimum Gasteiger partial charge on any atom is -0.288 e. The molecule has 0 spiro atoms. The molecule has 4 heteroatoms. The lowest BCUT2D eigenvalue weighted by atomic mass is 10.1. The Hall–Kier alpha value is -2.65. The molecule has 0 saturated heterocycles. The molecule has 0 atom stereocenters. The fourth-order valence-electron chi connectivity index (χ4n) is 2.52. The molecule has 1 amide bonds. The monoisotopic (exact) mass is 336 g/mol. The number of pyridine rings is 1. The highest BCUT2D eigenvalue weighted by molar-refractivity contribution is 6.30. The highest BCUT2D eigenvalue weighted by atomic mass is 35.5. The first-order valence-corrected chi connectivity index (χ1v) is 8.05. The highest BCUT2D eigenvalue weighted by Crippen LogP contribution is 2.20. The van der Waals surface area contributed by atoms with Gasteiger partial charge in [0.1, 0.15) is 5.82 Å². The lowest BCUT2D eigenvalue weighted by Crippen LogP contribution is -2.31. The van der Waals surface area contributed by atoms with Crippen molar-refractivity contribution in [2.45, 2.75) is 13.5 Å². The van der Waals surface area contributed by atoms with E-state index in [-0.39, 0.29) is 5.91 Å². The molecule has 0 unspecified atom stereocenters. The number of anilines is 1. The van der Waals surface area contributed by atoms with Crippen molar-refractivity contribution < 1.29 is 4.79 Å². The molecule has 120 valence electrons. The standard InChI is InChI=1S/C20H17ClN2O/c1-15-6-4-8-17(12-15)20(24)23(19-10-2-3-11-22-19)14-16-7-5-9-18(21)13-16/h2-13H,14H2,1H3. The van der Waals surface area contributed by atoms with Gasteiger partial charge in [0.25, 0.3) is 5.91 Å². The molecule has 0 aliphatic carbocycles. The number of hydrogen-bond acceptors (Lipinski definition) is 2. The van der Waals surface area contributed by atoms with E-state index < -0.39 is 0 Å². The molecule has 0 N–H and O–H groups in total. The van der Waals surface area contributed by atoms with Crippen molar-refractivity contribution in [2.75, 3.05) is 4.90 Å². The Balaban J connectivity index is 1.97. The second-order valence-electron chi connectivity index (χ2n) is 5.58. The van der Waals surface area contributed by atoms with E-state index in [1.807, 2.05) is 73.7 Å². The second kappa shape index (κ2) is 7.28. The maximum Gasteiger partial charge on any atom is 0.259 e. The van der Waals surface area contributed by atoms with Gasteiger partial charge in [-0.15, -0.1) is 0 Å². The summed E-state index contributed by atoms with van der Waals surface area (Å²) in [6.07, 6.45) is 1.68. The van der Waals surface area contributed by atoms with Gasteiger partial charge < -0.3 is 0 Å². The van der Waals surface area contributed by atoms with Crippen molar-refractivity contribution in [2.24, 2.45) is 0 Å². The van der Waals surface area contributed by atoms with Crippen LogP contribution in [0.5, 0.6) is 0 Å². The summed E-state index contributed by atoms with van der Waals surface area (Å²) in [7, 11) is 0. The van der Waals surface area contributed by atoms with Gasteiger partial charge in [-0.3, -0.25) is 9.69 Å². The largest absolute Gasteiger partial charge is 0.288 e. The minimum absolute atomic E-state index is 0.0858. The van der Waals surface area contributed by atoms with Gasteiger partial charge in [0.15, 0.2) is 0 Å². The molecule has 24 heavy (non-hydrogen) atoms. The quantitative estimate of drug-likeness (QED) is 0.679. The van der Waals surface area contributed by atoms with Crippen LogP contribution >= 0.6 is 11.6 Å². The zero-order valence-corrected chi connectivity index (χ0v) is 14.1. The third kappa shape index (κ3) is 3.81. The van der Waals surface area contributed by atoms with E-state index in [1.54, 1.807) is 11.1 Å². The van der Waals surface area contributed by atoms with Gasteiger partial charge in [0.2, 0.25) is 0 Å². The second-order valence-corrected chi connectivity index (χ2v) is 6.02. The summed E-state index contributed by atoms with van der Waals surface area (Å²) < 4.78 is 0. The van der Waals surface area contributed by atoms with E-state index in [0.717, 1.165) is 11.1 Å². The van der Waals surface area contributed by atoms with E-state index >= 15 is 0 Å². The molecule has 3 nitrogen and oxygen atoms in total. The number of carbonyl (C=O) groups excluding carboxylic acids is 1. The maximum atomic E-state index is 13.0. The molecule has 1 heterocycles. The SMILES string of the molecule is Cc1cccc(C(=O)N(Cc2cccc(Cl)c2)c2ccccn2)c1. The average Bonchev–Trinajstić information content (AvgIpc) is 2.60. The molecule has 0 bridgehead atoms.